The first-order chi connectivity index (χ1) is 9.84. The van der Waals surface area contributed by atoms with Crippen LogP contribution < -0.4 is 0 Å². The van der Waals surface area contributed by atoms with Gasteiger partial charge in [0.05, 0.1) is 0 Å². The Morgan fingerprint density at radius 1 is 0.952 bits per heavy atom. The van der Waals surface area contributed by atoms with E-state index in [1.165, 1.54) is 16.7 Å². The first-order valence-corrected chi connectivity index (χ1v) is 7.38. The Morgan fingerprint density at radius 2 is 1.81 bits per heavy atom. The average Bonchev–Trinajstić information content (AvgIpc) is 3.11. The molecule has 3 atom stereocenters. The van der Waals surface area contributed by atoms with Crippen LogP contribution in [0.25, 0.3) is 6.08 Å². The van der Waals surface area contributed by atoms with Crippen LogP contribution >= 0.6 is 0 Å². The molecule has 3 aliphatic carbocycles. The van der Waals surface area contributed by atoms with Gasteiger partial charge in [0.2, 0.25) is 0 Å². The third-order valence-electron chi connectivity index (χ3n) is 4.79. The Kier molecular flexibility index (Phi) is 4.21. The van der Waals surface area contributed by atoms with Crippen LogP contribution in [0.5, 0.6) is 0 Å². The molecular formula is C20H19Na. The quantitative estimate of drug-likeness (QED) is 0.706. The maximum atomic E-state index is 2.37. The molecule has 0 spiro atoms. The number of hydrogen-bond acceptors (Lipinski definition) is 0. The van der Waals surface area contributed by atoms with Crippen LogP contribution in [0.2, 0.25) is 0 Å². The summed E-state index contributed by atoms with van der Waals surface area (Å²) in [7, 11) is 0. The minimum atomic E-state index is 0. The van der Waals surface area contributed by atoms with Crippen molar-refractivity contribution in [1.29, 1.82) is 0 Å². The van der Waals surface area contributed by atoms with Crippen molar-refractivity contribution < 1.29 is 0 Å². The number of benzene rings is 1. The van der Waals surface area contributed by atoms with E-state index < -0.39 is 0 Å². The fraction of sp³-hybridized carbons (Fsp3) is 0.200. The van der Waals surface area contributed by atoms with Gasteiger partial charge in [0.1, 0.15) is 0 Å². The van der Waals surface area contributed by atoms with Crippen LogP contribution in [0.15, 0.2) is 77.9 Å². The standard InChI is InChI=1S/C20H18.Na.H/c1-14(17-12-10-15-6-2-4-8-19(15)17)18-13-11-16-7-3-5-9-20(16)18;;/h2-14,17,20H,1H3;;. The van der Waals surface area contributed by atoms with Crippen molar-refractivity contribution in [3.63, 3.8) is 0 Å². The molecule has 0 fully saturated rings. The van der Waals surface area contributed by atoms with Crippen LogP contribution in [0.4, 0.5) is 0 Å². The Labute approximate surface area is 148 Å². The fourth-order valence-corrected chi connectivity index (χ4v) is 3.67. The van der Waals surface area contributed by atoms with Gasteiger partial charge >= 0.3 is 29.6 Å². The van der Waals surface area contributed by atoms with E-state index >= 15 is 0 Å². The molecule has 21 heavy (non-hydrogen) atoms. The second-order valence-electron chi connectivity index (χ2n) is 5.86. The summed E-state index contributed by atoms with van der Waals surface area (Å²) in [6.45, 7) is 2.37. The summed E-state index contributed by atoms with van der Waals surface area (Å²) in [5, 5.41) is 0. The van der Waals surface area contributed by atoms with E-state index in [2.05, 4.69) is 79.8 Å². The van der Waals surface area contributed by atoms with Gasteiger partial charge in [0.15, 0.2) is 0 Å². The van der Waals surface area contributed by atoms with Crippen molar-refractivity contribution in [1.82, 2.24) is 0 Å². The van der Waals surface area contributed by atoms with Crippen LogP contribution in [0.1, 0.15) is 24.0 Å². The van der Waals surface area contributed by atoms with E-state index in [0.29, 0.717) is 17.8 Å². The van der Waals surface area contributed by atoms with E-state index in [0.717, 1.165) is 0 Å². The maximum absolute atomic E-state index is 2.37. The van der Waals surface area contributed by atoms with Crippen LogP contribution in [0, 0.1) is 11.8 Å². The molecule has 0 radical (unpaired) electrons. The van der Waals surface area contributed by atoms with Gasteiger partial charge in [-0.15, -0.1) is 0 Å². The van der Waals surface area contributed by atoms with Crippen molar-refractivity contribution in [2.75, 3.05) is 0 Å². The second-order valence-corrected chi connectivity index (χ2v) is 5.86. The third kappa shape index (κ3) is 2.46. The normalized spacial score (nSPS) is 25.8. The summed E-state index contributed by atoms with van der Waals surface area (Å²) in [4.78, 5) is 0. The topological polar surface area (TPSA) is 0 Å². The van der Waals surface area contributed by atoms with E-state index in [-0.39, 0.29) is 29.6 Å². The van der Waals surface area contributed by atoms with Gasteiger partial charge in [-0.2, -0.15) is 0 Å². The van der Waals surface area contributed by atoms with Gasteiger partial charge in [-0.05, 0) is 22.6 Å². The van der Waals surface area contributed by atoms with Gasteiger partial charge < -0.3 is 0 Å². The molecule has 0 amide bonds. The Bertz CT molecular complexity index is 700. The zero-order chi connectivity index (χ0) is 13.5. The van der Waals surface area contributed by atoms with Crippen molar-refractivity contribution in [3.8, 4) is 0 Å². The summed E-state index contributed by atoms with van der Waals surface area (Å²) in [6.07, 6.45) is 18.1. The molecule has 4 rings (SSSR count). The molecule has 1 aromatic rings. The number of allylic oxidation sites excluding steroid dienone is 9. The molecule has 0 bridgehead atoms. The van der Waals surface area contributed by atoms with Gasteiger partial charge in [-0.1, -0.05) is 85.4 Å². The molecule has 100 valence electrons. The summed E-state index contributed by atoms with van der Waals surface area (Å²) < 4.78 is 0. The molecule has 0 heterocycles. The van der Waals surface area contributed by atoms with E-state index in [1.807, 2.05) is 0 Å². The molecule has 0 saturated carbocycles. The van der Waals surface area contributed by atoms with Crippen molar-refractivity contribution in [3.05, 3.63) is 89.1 Å². The van der Waals surface area contributed by atoms with Gasteiger partial charge in [0.25, 0.3) is 0 Å². The Hall–Kier alpha value is -1.08. The molecule has 0 N–H and O–H groups in total. The predicted molar refractivity (Wildman–Crippen MR) is 92.5 cm³/mol. The molecule has 1 aromatic carbocycles. The van der Waals surface area contributed by atoms with Crippen LogP contribution in [-0.2, 0) is 0 Å². The molecular weight excluding hydrogens is 263 g/mol. The first kappa shape index (κ1) is 14.8. The summed E-state index contributed by atoms with van der Waals surface area (Å²) in [5.41, 5.74) is 5.84. The second kappa shape index (κ2) is 5.96. The summed E-state index contributed by atoms with van der Waals surface area (Å²) in [5.74, 6) is 1.56. The zero-order valence-corrected chi connectivity index (χ0v) is 11.7. The van der Waals surface area contributed by atoms with Crippen LogP contribution in [0.3, 0.4) is 0 Å². The molecule has 3 unspecified atom stereocenters. The SMILES string of the molecule is CC(C1=CC=C2C=CC=CC21)C1C=Cc2ccccc21.[NaH]. The van der Waals surface area contributed by atoms with Crippen LogP contribution in [-0.4, -0.2) is 29.6 Å². The van der Waals surface area contributed by atoms with Crippen molar-refractivity contribution >= 4 is 35.6 Å². The van der Waals surface area contributed by atoms with Crippen molar-refractivity contribution in [2.24, 2.45) is 11.8 Å². The number of fused-ring (bicyclic) bond motifs is 2. The Morgan fingerprint density at radius 3 is 2.71 bits per heavy atom. The van der Waals surface area contributed by atoms with Gasteiger partial charge in [-0.25, -0.2) is 0 Å². The van der Waals surface area contributed by atoms with E-state index in [4.69, 9.17) is 0 Å². The monoisotopic (exact) mass is 282 g/mol. The van der Waals surface area contributed by atoms with Gasteiger partial charge in [0, 0.05) is 11.8 Å². The Balaban J connectivity index is 0.00000132. The number of rotatable bonds is 2. The third-order valence-corrected chi connectivity index (χ3v) is 4.79. The van der Waals surface area contributed by atoms with Gasteiger partial charge in [-0.3, -0.25) is 0 Å². The molecule has 0 aromatic heterocycles. The van der Waals surface area contributed by atoms with Crippen molar-refractivity contribution in [2.45, 2.75) is 12.8 Å². The van der Waals surface area contributed by atoms with E-state index in [1.54, 1.807) is 5.57 Å². The molecule has 3 aliphatic rings. The first-order valence-electron chi connectivity index (χ1n) is 7.38. The summed E-state index contributed by atoms with van der Waals surface area (Å²) in [6, 6.07) is 8.77. The average molecular weight is 282 g/mol. The zero-order valence-electron chi connectivity index (χ0n) is 11.7. The molecule has 1 heteroatoms. The molecule has 0 saturated heterocycles. The fourth-order valence-electron chi connectivity index (χ4n) is 3.67. The number of hydrogen-bond donors (Lipinski definition) is 0. The summed E-state index contributed by atoms with van der Waals surface area (Å²) >= 11 is 0. The molecule has 0 aliphatic heterocycles. The minimum absolute atomic E-state index is 0. The predicted octanol–water partition coefficient (Wildman–Crippen LogP) is 4.39. The van der Waals surface area contributed by atoms with E-state index in [9.17, 15) is 0 Å². The molecule has 0 nitrogen and oxygen atoms in total.